The first-order chi connectivity index (χ1) is 6.18. The highest BCUT2D eigenvalue weighted by molar-refractivity contribution is 5.73. The van der Waals surface area contributed by atoms with Crippen LogP contribution in [0.25, 0.3) is 0 Å². The molecule has 3 heteroatoms. The van der Waals surface area contributed by atoms with Gasteiger partial charge in [0, 0.05) is 19.5 Å². The number of hydrogen-bond donors (Lipinski definition) is 1. The molecule has 1 rings (SSSR count). The lowest BCUT2D eigenvalue weighted by atomic mass is 10.0. The van der Waals surface area contributed by atoms with Gasteiger partial charge in [0.25, 0.3) is 0 Å². The van der Waals surface area contributed by atoms with Crippen LogP contribution in [0, 0.1) is 0 Å². The quantitative estimate of drug-likeness (QED) is 0.659. The lowest BCUT2D eigenvalue weighted by Gasteiger charge is -2.27. The van der Waals surface area contributed by atoms with Crippen molar-refractivity contribution in [3.63, 3.8) is 0 Å². The molecule has 0 aliphatic carbocycles. The summed E-state index contributed by atoms with van der Waals surface area (Å²) in [5.41, 5.74) is 0. The van der Waals surface area contributed by atoms with Crippen molar-refractivity contribution in [3.05, 3.63) is 0 Å². The van der Waals surface area contributed by atoms with Gasteiger partial charge in [-0.15, -0.1) is 0 Å². The summed E-state index contributed by atoms with van der Waals surface area (Å²) in [7, 11) is 2.13. The SMILES string of the molecule is CC(=O)N[C@@H]1CCCCCN(C)C1. The first-order valence-corrected chi connectivity index (χ1v) is 5.14. The van der Waals surface area contributed by atoms with E-state index in [1.807, 2.05) is 0 Å². The minimum atomic E-state index is 0.0963. The molecule has 0 unspecified atom stereocenters. The molecular weight excluding hydrogens is 164 g/mol. The highest BCUT2D eigenvalue weighted by Gasteiger charge is 2.14. The average Bonchev–Trinajstić information content (AvgIpc) is 1.98. The molecule has 1 amide bonds. The van der Waals surface area contributed by atoms with E-state index in [9.17, 15) is 4.79 Å². The maximum Gasteiger partial charge on any atom is 0.217 e. The molecule has 1 atom stereocenters. The van der Waals surface area contributed by atoms with Gasteiger partial charge in [-0.3, -0.25) is 4.79 Å². The van der Waals surface area contributed by atoms with Gasteiger partial charge in [0.15, 0.2) is 0 Å². The molecule has 0 aromatic heterocycles. The minimum absolute atomic E-state index is 0.0963. The van der Waals surface area contributed by atoms with Crippen molar-refractivity contribution in [2.45, 2.75) is 38.6 Å². The first kappa shape index (κ1) is 10.5. The molecule has 1 heterocycles. The summed E-state index contributed by atoms with van der Waals surface area (Å²) >= 11 is 0. The zero-order valence-electron chi connectivity index (χ0n) is 8.68. The Morgan fingerprint density at radius 3 is 2.85 bits per heavy atom. The third-order valence-electron chi connectivity index (χ3n) is 2.53. The Morgan fingerprint density at radius 1 is 1.38 bits per heavy atom. The van der Waals surface area contributed by atoms with Crippen molar-refractivity contribution >= 4 is 5.91 Å². The second kappa shape index (κ2) is 5.22. The molecule has 0 spiro atoms. The maximum absolute atomic E-state index is 10.9. The lowest BCUT2D eigenvalue weighted by Crippen LogP contribution is -2.42. The second-order valence-electron chi connectivity index (χ2n) is 4.01. The lowest BCUT2D eigenvalue weighted by molar-refractivity contribution is -0.119. The zero-order valence-corrected chi connectivity index (χ0v) is 8.68. The second-order valence-corrected chi connectivity index (χ2v) is 4.01. The third kappa shape index (κ3) is 4.27. The van der Waals surface area contributed by atoms with Crippen molar-refractivity contribution in [2.75, 3.05) is 20.1 Å². The molecule has 0 bridgehead atoms. The fourth-order valence-electron chi connectivity index (χ4n) is 1.91. The summed E-state index contributed by atoms with van der Waals surface area (Å²) in [6.07, 6.45) is 4.96. The Labute approximate surface area is 80.5 Å². The fraction of sp³-hybridized carbons (Fsp3) is 0.900. The van der Waals surface area contributed by atoms with Gasteiger partial charge >= 0.3 is 0 Å². The van der Waals surface area contributed by atoms with Gasteiger partial charge in [-0.25, -0.2) is 0 Å². The van der Waals surface area contributed by atoms with Gasteiger partial charge in [-0.05, 0) is 26.4 Å². The third-order valence-corrected chi connectivity index (χ3v) is 2.53. The van der Waals surface area contributed by atoms with E-state index in [4.69, 9.17) is 0 Å². The molecule has 13 heavy (non-hydrogen) atoms. The van der Waals surface area contributed by atoms with Crippen LogP contribution in [-0.4, -0.2) is 37.0 Å². The summed E-state index contributed by atoms with van der Waals surface area (Å²) in [4.78, 5) is 13.2. The van der Waals surface area contributed by atoms with Gasteiger partial charge in [-0.2, -0.15) is 0 Å². The summed E-state index contributed by atoms with van der Waals surface area (Å²) in [5.74, 6) is 0.0963. The van der Waals surface area contributed by atoms with E-state index in [0.29, 0.717) is 6.04 Å². The van der Waals surface area contributed by atoms with Crippen molar-refractivity contribution in [1.29, 1.82) is 0 Å². The van der Waals surface area contributed by atoms with E-state index in [-0.39, 0.29) is 5.91 Å². The molecular formula is C10H20N2O. The summed E-state index contributed by atoms with van der Waals surface area (Å²) in [6.45, 7) is 3.76. The minimum Gasteiger partial charge on any atom is -0.352 e. The molecule has 3 nitrogen and oxygen atoms in total. The maximum atomic E-state index is 10.9. The summed E-state index contributed by atoms with van der Waals surface area (Å²) in [5, 5.41) is 3.00. The Bertz CT molecular complexity index is 170. The van der Waals surface area contributed by atoms with Crippen LogP contribution in [0.4, 0.5) is 0 Å². The number of amides is 1. The molecule has 0 aromatic rings. The van der Waals surface area contributed by atoms with Crippen LogP contribution in [0.2, 0.25) is 0 Å². The van der Waals surface area contributed by atoms with E-state index in [2.05, 4.69) is 17.3 Å². The van der Waals surface area contributed by atoms with Gasteiger partial charge in [-0.1, -0.05) is 12.8 Å². The molecule has 1 aliphatic rings. The van der Waals surface area contributed by atoms with Gasteiger partial charge in [0.05, 0.1) is 0 Å². The summed E-state index contributed by atoms with van der Waals surface area (Å²) < 4.78 is 0. The zero-order chi connectivity index (χ0) is 9.68. The fourth-order valence-corrected chi connectivity index (χ4v) is 1.91. The van der Waals surface area contributed by atoms with Gasteiger partial charge < -0.3 is 10.2 Å². The number of likely N-dealkylation sites (tertiary alicyclic amines) is 1. The normalized spacial score (nSPS) is 26.2. The number of nitrogens with one attached hydrogen (secondary N) is 1. The monoisotopic (exact) mass is 184 g/mol. The molecule has 1 aliphatic heterocycles. The van der Waals surface area contributed by atoms with E-state index in [0.717, 1.165) is 19.5 Å². The Balaban J connectivity index is 2.36. The molecule has 1 saturated heterocycles. The van der Waals surface area contributed by atoms with Crippen LogP contribution in [-0.2, 0) is 4.79 Å². The average molecular weight is 184 g/mol. The van der Waals surface area contributed by atoms with E-state index in [1.54, 1.807) is 6.92 Å². The van der Waals surface area contributed by atoms with Crippen LogP contribution in [0.15, 0.2) is 0 Å². The van der Waals surface area contributed by atoms with Crippen LogP contribution in [0.5, 0.6) is 0 Å². The number of hydrogen-bond acceptors (Lipinski definition) is 2. The van der Waals surface area contributed by atoms with Crippen molar-refractivity contribution < 1.29 is 4.79 Å². The smallest absolute Gasteiger partial charge is 0.217 e. The van der Waals surface area contributed by atoms with Crippen LogP contribution >= 0.6 is 0 Å². The number of nitrogens with zero attached hydrogens (tertiary/aromatic N) is 1. The molecule has 0 saturated carbocycles. The molecule has 0 aromatic carbocycles. The van der Waals surface area contributed by atoms with E-state index < -0.39 is 0 Å². The standard InChI is InChI=1S/C10H20N2O/c1-9(13)11-10-6-4-3-5-7-12(2)8-10/h10H,3-8H2,1-2H3,(H,11,13)/t10-/m1/s1. The van der Waals surface area contributed by atoms with E-state index >= 15 is 0 Å². The Hall–Kier alpha value is -0.570. The van der Waals surface area contributed by atoms with Gasteiger partial charge in [0.1, 0.15) is 0 Å². The topological polar surface area (TPSA) is 32.3 Å². The molecule has 76 valence electrons. The van der Waals surface area contributed by atoms with Crippen molar-refractivity contribution in [2.24, 2.45) is 0 Å². The molecule has 1 fully saturated rings. The highest BCUT2D eigenvalue weighted by atomic mass is 16.1. The van der Waals surface area contributed by atoms with Gasteiger partial charge in [0.2, 0.25) is 5.91 Å². The van der Waals surface area contributed by atoms with Crippen molar-refractivity contribution in [1.82, 2.24) is 10.2 Å². The predicted octanol–water partition coefficient (Wildman–Crippen LogP) is 0.997. The molecule has 0 radical (unpaired) electrons. The molecule has 1 N–H and O–H groups in total. The highest BCUT2D eigenvalue weighted by Crippen LogP contribution is 2.09. The number of carbonyl (C=O) groups excluding carboxylic acids is 1. The largest absolute Gasteiger partial charge is 0.352 e. The van der Waals surface area contributed by atoms with Crippen LogP contribution in [0.3, 0.4) is 0 Å². The first-order valence-electron chi connectivity index (χ1n) is 5.14. The Kier molecular flexibility index (Phi) is 4.22. The Morgan fingerprint density at radius 2 is 2.15 bits per heavy atom. The summed E-state index contributed by atoms with van der Waals surface area (Å²) in [6, 6.07) is 0.364. The van der Waals surface area contributed by atoms with Crippen LogP contribution < -0.4 is 5.32 Å². The van der Waals surface area contributed by atoms with Crippen molar-refractivity contribution in [3.8, 4) is 0 Å². The van der Waals surface area contributed by atoms with Crippen LogP contribution in [0.1, 0.15) is 32.6 Å². The predicted molar refractivity (Wildman–Crippen MR) is 53.6 cm³/mol. The number of carbonyl (C=O) groups is 1. The number of likely N-dealkylation sites (N-methyl/N-ethyl adjacent to an activating group) is 1. The van der Waals surface area contributed by atoms with E-state index in [1.165, 1.54) is 19.3 Å². The number of rotatable bonds is 1.